The molecule has 0 radical (unpaired) electrons. The standard InChI is InChI=1S/C18H20FN3O2/c1-12-3-4-14(11-16(12)19)18(23)22-9-6-15(7-10-22)24-17-5-8-20-13(2)21-17/h3-5,8,11,15H,6-7,9-10H2,1-2H3. The molecule has 126 valence electrons. The van der Waals surface area contributed by atoms with Crippen molar-refractivity contribution in [3.8, 4) is 5.88 Å². The number of benzene rings is 1. The lowest BCUT2D eigenvalue weighted by molar-refractivity contribution is 0.0587. The van der Waals surface area contributed by atoms with Gasteiger partial charge in [-0.15, -0.1) is 0 Å². The SMILES string of the molecule is Cc1nccc(OC2CCN(C(=O)c3ccc(C)c(F)c3)CC2)n1. The first-order chi connectivity index (χ1) is 11.5. The summed E-state index contributed by atoms with van der Waals surface area (Å²) in [5.74, 6) is 0.748. The van der Waals surface area contributed by atoms with Crippen LogP contribution in [0.5, 0.6) is 5.88 Å². The fourth-order valence-electron chi connectivity index (χ4n) is 2.76. The molecule has 1 aromatic heterocycles. The lowest BCUT2D eigenvalue weighted by Gasteiger charge is -2.32. The minimum Gasteiger partial charge on any atom is -0.474 e. The van der Waals surface area contributed by atoms with E-state index in [0.717, 1.165) is 12.8 Å². The number of halogens is 1. The number of carbonyl (C=O) groups excluding carboxylic acids is 1. The quantitative estimate of drug-likeness (QED) is 0.869. The van der Waals surface area contributed by atoms with Crippen LogP contribution in [-0.2, 0) is 0 Å². The van der Waals surface area contributed by atoms with Crippen molar-refractivity contribution in [2.24, 2.45) is 0 Å². The maximum absolute atomic E-state index is 13.6. The summed E-state index contributed by atoms with van der Waals surface area (Å²) in [6, 6.07) is 6.35. The van der Waals surface area contributed by atoms with Crippen molar-refractivity contribution in [2.75, 3.05) is 13.1 Å². The molecule has 0 bridgehead atoms. The van der Waals surface area contributed by atoms with Crippen LogP contribution in [0.2, 0.25) is 0 Å². The topological polar surface area (TPSA) is 55.3 Å². The van der Waals surface area contributed by atoms with Crippen LogP contribution in [0.1, 0.15) is 34.6 Å². The third kappa shape index (κ3) is 3.69. The molecule has 1 aliphatic rings. The summed E-state index contributed by atoms with van der Waals surface area (Å²) in [6.07, 6.45) is 3.15. The van der Waals surface area contributed by atoms with Gasteiger partial charge in [0.05, 0.1) is 0 Å². The molecule has 24 heavy (non-hydrogen) atoms. The molecule has 0 spiro atoms. The van der Waals surface area contributed by atoms with E-state index in [2.05, 4.69) is 9.97 Å². The molecule has 3 rings (SSSR count). The Bertz CT molecular complexity index is 743. The molecule has 2 heterocycles. The second-order valence-electron chi connectivity index (χ2n) is 6.02. The Morgan fingerprint density at radius 2 is 2.00 bits per heavy atom. The fraction of sp³-hybridized carbons (Fsp3) is 0.389. The Labute approximate surface area is 140 Å². The van der Waals surface area contributed by atoms with E-state index in [-0.39, 0.29) is 17.8 Å². The summed E-state index contributed by atoms with van der Waals surface area (Å²) < 4.78 is 19.5. The molecule has 1 aromatic carbocycles. The van der Waals surface area contributed by atoms with Crippen LogP contribution >= 0.6 is 0 Å². The molecule has 6 heteroatoms. The maximum Gasteiger partial charge on any atom is 0.253 e. The molecule has 5 nitrogen and oxygen atoms in total. The number of carbonyl (C=O) groups is 1. The molecule has 2 aromatic rings. The predicted octanol–water partition coefficient (Wildman–Crippen LogP) is 2.92. The Morgan fingerprint density at radius 1 is 1.25 bits per heavy atom. The van der Waals surface area contributed by atoms with Gasteiger partial charge in [0, 0.05) is 43.8 Å². The van der Waals surface area contributed by atoms with Gasteiger partial charge < -0.3 is 9.64 Å². The number of amides is 1. The van der Waals surface area contributed by atoms with Gasteiger partial charge in [0.2, 0.25) is 5.88 Å². The second kappa shape index (κ2) is 6.95. The molecule has 0 aliphatic carbocycles. The van der Waals surface area contributed by atoms with Crippen LogP contribution in [-0.4, -0.2) is 40.0 Å². The molecular formula is C18H20FN3O2. The van der Waals surface area contributed by atoms with E-state index in [4.69, 9.17) is 4.74 Å². The number of rotatable bonds is 3. The summed E-state index contributed by atoms with van der Waals surface area (Å²) in [7, 11) is 0. The fourth-order valence-corrected chi connectivity index (χ4v) is 2.76. The van der Waals surface area contributed by atoms with Crippen molar-refractivity contribution in [3.05, 3.63) is 53.2 Å². The van der Waals surface area contributed by atoms with E-state index in [1.54, 1.807) is 36.2 Å². The van der Waals surface area contributed by atoms with Crippen molar-refractivity contribution in [2.45, 2.75) is 32.8 Å². The van der Waals surface area contributed by atoms with Crippen LogP contribution in [0.15, 0.2) is 30.5 Å². The number of likely N-dealkylation sites (tertiary alicyclic amines) is 1. The van der Waals surface area contributed by atoms with Crippen molar-refractivity contribution in [1.82, 2.24) is 14.9 Å². The zero-order valence-electron chi connectivity index (χ0n) is 13.8. The smallest absolute Gasteiger partial charge is 0.253 e. The Kier molecular flexibility index (Phi) is 4.74. The highest BCUT2D eigenvalue weighted by molar-refractivity contribution is 5.94. The van der Waals surface area contributed by atoms with Crippen LogP contribution < -0.4 is 4.74 Å². The molecule has 0 N–H and O–H groups in total. The first-order valence-corrected chi connectivity index (χ1v) is 8.04. The number of hydrogen-bond donors (Lipinski definition) is 0. The molecule has 1 fully saturated rings. The zero-order chi connectivity index (χ0) is 17.1. The van der Waals surface area contributed by atoms with Crippen molar-refractivity contribution in [3.63, 3.8) is 0 Å². The van der Waals surface area contributed by atoms with Crippen molar-refractivity contribution in [1.29, 1.82) is 0 Å². The summed E-state index contributed by atoms with van der Waals surface area (Å²) in [5, 5.41) is 0. The van der Waals surface area contributed by atoms with E-state index >= 15 is 0 Å². The third-order valence-corrected chi connectivity index (χ3v) is 4.19. The van der Waals surface area contributed by atoms with Crippen LogP contribution in [0.25, 0.3) is 0 Å². The van der Waals surface area contributed by atoms with Gasteiger partial charge in [-0.05, 0) is 31.5 Å². The number of nitrogens with zero attached hydrogens (tertiary/aromatic N) is 3. The van der Waals surface area contributed by atoms with E-state index in [9.17, 15) is 9.18 Å². The molecule has 1 amide bonds. The molecule has 1 saturated heterocycles. The summed E-state index contributed by atoms with van der Waals surface area (Å²) in [5.41, 5.74) is 0.933. The highest BCUT2D eigenvalue weighted by Crippen LogP contribution is 2.19. The Morgan fingerprint density at radius 3 is 2.67 bits per heavy atom. The minimum absolute atomic E-state index is 0.0260. The Balaban J connectivity index is 1.58. The predicted molar refractivity (Wildman–Crippen MR) is 87.5 cm³/mol. The van der Waals surface area contributed by atoms with E-state index in [1.807, 2.05) is 6.92 Å². The monoisotopic (exact) mass is 329 g/mol. The highest BCUT2D eigenvalue weighted by Gasteiger charge is 2.25. The third-order valence-electron chi connectivity index (χ3n) is 4.19. The second-order valence-corrected chi connectivity index (χ2v) is 6.02. The number of ether oxygens (including phenoxy) is 1. The first kappa shape index (κ1) is 16.4. The number of hydrogen-bond acceptors (Lipinski definition) is 4. The lowest BCUT2D eigenvalue weighted by Crippen LogP contribution is -2.41. The van der Waals surface area contributed by atoms with Gasteiger partial charge in [0.1, 0.15) is 17.7 Å². The largest absolute Gasteiger partial charge is 0.474 e. The summed E-state index contributed by atoms with van der Waals surface area (Å²) in [4.78, 5) is 22.5. The number of piperidine rings is 1. The normalized spacial score (nSPS) is 15.4. The zero-order valence-corrected chi connectivity index (χ0v) is 13.8. The number of aromatic nitrogens is 2. The van der Waals surface area contributed by atoms with Gasteiger partial charge in [0.25, 0.3) is 5.91 Å². The van der Waals surface area contributed by atoms with Gasteiger partial charge in [0.15, 0.2) is 0 Å². The first-order valence-electron chi connectivity index (χ1n) is 8.04. The van der Waals surface area contributed by atoms with Crippen LogP contribution in [0.3, 0.4) is 0 Å². The molecule has 0 atom stereocenters. The average molecular weight is 329 g/mol. The minimum atomic E-state index is -0.349. The lowest BCUT2D eigenvalue weighted by atomic mass is 10.1. The van der Waals surface area contributed by atoms with Crippen LogP contribution in [0, 0.1) is 19.7 Å². The van der Waals surface area contributed by atoms with Gasteiger partial charge in [-0.3, -0.25) is 4.79 Å². The molecule has 1 aliphatic heterocycles. The number of aryl methyl sites for hydroxylation is 2. The van der Waals surface area contributed by atoms with Crippen molar-refractivity contribution >= 4 is 5.91 Å². The van der Waals surface area contributed by atoms with Gasteiger partial charge in [-0.25, -0.2) is 9.37 Å². The van der Waals surface area contributed by atoms with Gasteiger partial charge >= 0.3 is 0 Å². The maximum atomic E-state index is 13.6. The average Bonchev–Trinajstić information content (AvgIpc) is 2.57. The highest BCUT2D eigenvalue weighted by atomic mass is 19.1. The molecule has 0 saturated carbocycles. The van der Waals surface area contributed by atoms with E-state index in [0.29, 0.717) is 35.9 Å². The molecular weight excluding hydrogens is 309 g/mol. The Hall–Kier alpha value is -2.50. The summed E-state index contributed by atoms with van der Waals surface area (Å²) >= 11 is 0. The van der Waals surface area contributed by atoms with E-state index in [1.165, 1.54) is 6.07 Å². The molecule has 0 unspecified atom stereocenters. The van der Waals surface area contributed by atoms with Gasteiger partial charge in [-0.2, -0.15) is 4.98 Å². The summed E-state index contributed by atoms with van der Waals surface area (Å²) in [6.45, 7) is 4.67. The van der Waals surface area contributed by atoms with E-state index < -0.39 is 0 Å². The van der Waals surface area contributed by atoms with Gasteiger partial charge in [-0.1, -0.05) is 6.07 Å². The van der Waals surface area contributed by atoms with Crippen LogP contribution in [0.4, 0.5) is 4.39 Å². The van der Waals surface area contributed by atoms with Crippen molar-refractivity contribution < 1.29 is 13.9 Å².